The molecule has 0 rings (SSSR count). The molecule has 286 valence electrons. The van der Waals surface area contributed by atoms with E-state index in [1.165, 1.54) is 78.9 Å². The molecule has 0 aromatic carbocycles. The smallest absolute Gasteiger partial charge is 0.320 e. The molecule has 0 aliphatic heterocycles. The van der Waals surface area contributed by atoms with Crippen molar-refractivity contribution in [3.8, 4) is 0 Å². The average molecular weight is 702 g/mol. The minimum absolute atomic E-state index is 0.0758. The lowest BCUT2D eigenvalue weighted by Gasteiger charge is -2.27. The van der Waals surface area contributed by atoms with Gasteiger partial charge < -0.3 is 24.8 Å². The van der Waals surface area contributed by atoms with Gasteiger partial charge in [-0.2, -0.15) is 0 Å². The summed E-state index contributed by atoms with van der Waals surface area (Å²) in [6.07, 6.45) is 20.4. The number of carboxylic acid groups (broad SMARTS) is 3. The summed E-state index contributed by atoms with van der Waals surface area (Å²) < 4.78 is 10.6. The van der Waals surface area contributed by atoms with Gasteiger partial charge in [0, 0.05) is 26.2 Å². The minimum Gasteiger partial charge on any atom is -0.480 e. The van der Waals surface area contributed by atoms with Crippen LogP contribution in [-0.4, -0.2) is 132 Å². The number of hydrogen-bond donors (Lipinski definition) is 3. The van der Waals surface area contributed by atoms with Crippen molar-refractivity contribution in [3.05, 3.63) is 0 Å². The van der Waals surface area contributed by atoms with Gasteiger partial charge in [0.15, 0.2) is 0 Å². The summed E-state index contributed by atoms with van der Waals surface area (Å²) in [5.74, 6) is -4.47. The Balaban J connectivity index is 4.68. The monoisotopic (exact) mass is 701 g/mol. The standard InChI is InChI=1S/C36H67N3O10/c1-3-5-7-9-11-13-15-17-19-25-48-35(46)30-38(28-33(42)43)23-21-37(27-32(40)41)22-24-39(29-34(44)45)31-36(47)49-26-20-18-16-14-12-10-8-6-4-2/h3-31H2,1-2H3,(H,40,41)(H,42,43)(H,44,45). The predicted molar refractivity (Wildman–Crippen MR) is 189 cm³/mol. The Morgan fingerprint density at radius 3 is 0.959 bits per heavy atom. The molecule has 0 atom stereocenters. The van der Waals surface area contributed by atoms with Crippen LogP contribution < -0.4 is 0 Å². The third kappa shape index (κ3) is 32.2. The van der Waals surface area contributed by atoms with E-state index in [9.17, 15) is 39.3 Å². The van der Waals surface area contributed by atoms with Gasteiger partial charge in [-0.1, -0.05) is 117 Å². The molecule has 0 spiro atoms. The summed E-state index contributed by atoms with van der Waals surface area (Å²) in [5.41, 5.74) is 0. The van der Waals surface area contributed by atoms with E-state index in [2.05, 4.69) is 13.8 Å². The molecule has 0 fully saturated rings. The molecule has 0 unspecified atom stereocenters. The number of aliphatic carboxylic acids is 3. The van der Waals surface area contributed by atoms with Crippen LogP contribution in [0.1, 0.15) is 129 Å². The van der Waals surface area contributed by atoms with Crippen LogP contribution in [0.2, 0.25) is 0 Å². The number of carbonyl (C=O) groups is 5. The van der Waals surface area contributed by atoms with Gasteiger partial charge in [-0.05, 0) is 12.8 Å². The van der Waals surface area contributed by atoms with Gasteiger partial charge in [0.1, 0.15) is 0 Å². The molecule has 0 saturated heterocycles. The van der Waals surface area contributed by atoms with Crippen molar-refractivity contribution in [1.29, 1.82) is 0 Å². The van der Waals surface area contributed by atoms with Crippen LogP contribution in [0.4, 0.5) is 0 Å². The van der Waals surface area contributed by atoms with Crippen molar-refractivity contribution in [2.45, 2.75) is 129 Å². The van der Waals surface area contributed by atoms with E-state index in [1.54, 1.807) is 0 Å². The zero-order valence-electron chi connectivity index (χ0n) is 30.5. The maximum Gasteiger partial charge on any atom is 0.320 e. The average Bonchev–Trinajstić information content (AvgIpc) is 3.03. The first-order valence-corrected chi connectivity index (χ1v) is 18.7. The van der Waals surface area contributed by atoms with Crippen LogP contribution in [0.15, 0.2) is 0 Å². The first kappa shape index (κ1) is 46.2. The van der Waals surface area contributed by atoms with Gasteiger partial charge in [-0.25, -0.2) is 0 Å². The van der Waals surface area contributed by atoms with Gasteiger partial charge >= 0.3 is 29.8 Å². The van der Waals surface area contributed by atoms with Gasteiger partial charge in [-0.3, -0.25) is 38.7 Å². The fraction of sp³-hybridized carbons (Fsp3) is 0.861. The van der Waals surface area contributed by atoms with Crippen LogP contribution in [-0.2, 0) is 33.4 Å². The first-order valence-electron chi connectivity index (χ1n) is 18.7. The molecule has 0 aliphatic carbocycles. The third-order valence-electron chi connectivity index (χ3n) is 8.27. The van der Waals surface area contributed by atoms with Crippen molar-refractivity contribution in [1.82, 2.24) is 14.7 Å². The van der Waals surface area contributed by atoms with Gasteiger partial charge in [-0.15, -0.1) is 0 Å². The highest BCUT2D eigenvalue weighted by Crippen LogP contribution is 2.11. The van der Waals surface area contributed by atoms with Gasteiger partial charge in [0.05, 0.1) is 45.9 Å². The molecule has 0 heterocycles. The van der Waals surface area contributed by atoms with Crippen molar-refractivity contribution < 1.29 is 48.8 Å². The number of rotatable bonds is 36. The highest BCUT2D eigenvalue weighted by atomic mass is 16.5. The molecule has 0 radical (unpaired) electrons. The summed E-state index contributed by atoms with van der Waals surface area (Å²) >= 11 is 0. The van der Waals surface area contributed by atoms with E-state index in [-0.39, 0.29) is 59.0 Å². The second kappa shape index (κ2) is 32.4. The van der Waals surface area contributed by atoms with E-state index in [0.29, 0.717) is 0 Å². The molecular formula is C36H67N3O10. The number of hydrogen-bond acceptors (Lipinski definition) is 10. The second-order valence-electron chi connectivity index (χ2n) is 13.0. The molecular weight excluding hydrogens is 634 g/mol. The number of unbranched alkanes of at least 4 members (excludes halogenated alkanes) is 16. The Bertz CT molecular complexity index is 827. The number of carbonyl (C=O) groups excluding carboxylic acids is 2. The fourth-order valence-electron chi connectivity index (χ4n) is 5.49. The van der Waals surface area contributed by atoms with Crippen LogP contribution in [0.3, 0.4) is 0 Å². The molecule has 0 aliphatic rings. The maximum absolute atomic E-state index is 12.4. The number of nitrogens with zero attached hydrogens (tertiary/aromatic N) is 3. The molecule has 13 nitrogen and oxygen atoms in total. The molecule has 0 saturated carbocycles. The Hall–Kier alpha value is -2.77. The van der Waals surface area contributed by atoms with E-state index in [1.807, 2.05) is 0 Å². The molecule has 0 amide bonds. The molecule has 0 bridgehead atoms. The Morgan fingerprint density at radius 2 is 0.653 bits per heavy atom. The van der Waals surface area contributed by atoms with E-state index >= 15 is 0 Å². The Kier molecular flexibility index (Phi) is 30.6. The predicted octanol–water partition coefficient (Wildman–Crippen LogP) is 5.29. The fourth-order valence-corrected chi connectivity index (χ4v) is 5.49. The Labute approximate surface area is 294 Å². The number of carboxylic acids is 3. The van der Waals surface area contributed by atoms with Crippen LogP contribution in [0.5, 0.6) is 0 Å². The van der Waals surface area contributed by atoms with E-state index < -0.39 is 42.9 Å². The lowest BCUT2D eigenvalue weighted by atomic mass is 10.1. The second-order valence-corrected chi connectivity index (χ2v) is 13.0. The topological polar surface area (TPSA) is 174 Å². The van der Waals surface area contributed by atoms with Crippen LogP contribution in [0.25, 0.3) is 0 Å². The highest BCUT2D eigenvalue weighted by molar-refractivity contribution is 5.74. The zero-order chi connectivity index (χ0) is 36.5. The Morgan fingerprint density at radius 1 is 0.388 bits per heavy atom. The number of ether oxygens (including phenoxy) is 2. The van der Waals surface area contributed by atoms with Crippen molar-refractivity contribution in [2.24, 2.45) is 0 Å². The quantitative estimate of drug-likeness (QED) is 0.0568. The number of esters is 2. The van der Waals surface area contributed by atoms with Crippen LogP contribution >= 0.6 is 0 Å². The van der Waals surface area contributed by atoms with Crippen molar-refractivity contribution in [2.75, 3.05) is 72.1 Å². The van der Waals surface area contributed by atoms with E-state index in [4.69, 9.17) is 9.47 Å². The summed E-state index contributed by atoms with van der Waals surface area (Å²) in [4.78, 5) is 63.6. The summed E-state index contributed by atoms with van der Waals surface area (Å²) in [7, 11) is 0. The summed E-state index contributed by atoms with van der Waals surface area (Å²) in [5, 5.41) is 28.2. The molecule has 0 aromatic heterocycles. The molecule has 3 N–H and O–H groups in total. The molecule has 13 heteroatoms. The lowest BCUT2D eigenvalue weighted by Crippen LogP contribution is -2.45. The van der Waals surface area contributed by atoms with Crippen molar-refractivity contribution in [3.63, 3.8) is 0 Å². The van der Waals surface area contributed by atoms with Crippen LogP contribution in [0, 0.1) is 0 Å². The highest BCUT2D eigenvalue weighted by Gasteiger charge is 2.20. The summed E-state index contributed by atoms with van der Waals surface area (Å²) in [6.45, 7) is 3.55. The summed E-state index contributed by atoms with van der Waals surface area (Å²) in [6, 6.07) is 0. The third-order valence-corrected chi connectivity index (χ3v) is 8.27. The molecule has 0 aromatic rings. The van der Waals surface area contributed by atoms with Crippen molar-refractivity contribution >= 4 is 29.8 Å². The lowest BCUT2D eigenvalue weighted by molar-refractivity contribution is -0.148. The first-order chi connectivity index (χ1) is 23.6. The van der Waals surface area contributed by atoms with Gasteiger partial charge in [0.2, 0.25) is 0 Å². The maximum atomic E-state index is 12.4. The minimum atomic E-state index is -1.13. The SMILES string of the molecule is CCCCCCCCCCCOC(=O)CN(CCN(CCN(CC(=O)O)CC(=O)OCCCCCCCCCCC)CC(=O)O)CC(=O)O. The molecule has 49 heavy (non-hydrogen) atoms. The van der Waals surface area contributed by atoms with E-state index in [0.717, 1.165) is 51.4 Å². The zero-order valence-corrected chi connectivity index (χ0v) is 30.5. The largest absolute Gasteiger partial charge is 0.480 e. The van der Waals surface area contributed by atoms with Gasteiger partial charge in [0.25, 0.3) is 0 Å². The normalized spacial score (nSPS) is 11.4.